The van der Waals surface area contributed by atoms with E-state index in [2.05, 4.69) is 15.3 Å². The van der Waals surface area contributed by atoms with Crippen molar-refractivity contribution in [2.75, 3.05) is 13.1 Å². The monoisotopic (exact) mass is 540 g/mol. The van der Waals surface area contributed by atoms with Crippen LogP contribution in [-0.2, 0) is 9.59 Å². The third-order valence-electron chi connectivity index (χ3n) is 7.75. The van der Waals surface area contributed by atoms with Gasteiger partial charge in [-0.3, -0.25) is 19.4 Å². The second-order valence-corrected chi connectivity index (χ2v) is 11.7. The van der Waals surface area contributed by atoms with E-state index in [0.717, 1.165) is 23.1 Å². The number of nitrogens with zero attached hydrogens (tertiary/aromatic N) is 3. The lowest BCUT2D eigenvalue weighted by Crippen LogP contribution is -2.51. The number of likely N-dealkylation sites (tertiary alicyclic amines) is 1. The van der Waals surface area contributed by atoms with E-state index in [4.69, 9.17) is 11.5 Å². The van der Waals surface area contributed by atoms with Crippen LogP contribution in [0.2, 0.25) is 0 Å². The number of hydrogen-bond donors (Lipinski definition) is 3. The van der Waals surface area contributed by atoms with Gasteiger partial charge in [-0.05, 0) is 50.2 Å². The number of carbonyl (C=O) groups is 3. The Balaban J connectivity index is 1.44. The average Bonchev–Trinajstić information content (AvgIpc) is 3.57. The number of ketones is 1. The van der Waals surface area contributed by atoms with E-state index in [-0.39, 0.29) is 29.5 Å². The molecule has 2 aromatic rings. The summed E-state index contributed by atoms with van der Waals surface area (Å²) in [5, 5.41) is 3.33. The summed E-state index contributed by atoms with van der Waals surface area (Å²) in [4.78, 5) is 50.6. The van der Waals surface area contributed by atoms with Crippen molar-refractivity contribution in [1.82, 2.24) is 15.2 Å². The molecule has 206 valence electrons. The van der Waals surface area contributed by atoms with Crippen molar-refractivity contribution in [1.29, 1.82) is 0 Å². The standard InChI is InChI=1S/C28H40N6O3S/c1-18(17-19-9-3-2-4-10-19)27(37)34-16-8-13-22(34)25(36)32-21(12-7-15-31-28(29)30)24(35)26-33-20-11-5-6-14-23(20)38-26/h5-6,11,14,18-19,21-22H,2-4,7-10,12-13,15-17H2,1H3,(H,32,36)(H4,29,30,31)/t18-,21?,22+/m1/s1. The van der Waals surface area contributed by atoms with Crippen LogP contribution in [0.25, 0.3) is 10.2 Å². The molecule has 4 rings (SSSR count). The fourth-order valence-corrected chi connectivity index (χ4v) is 6.74. The number of nitrogens with two attached hydrogens (primary N) is 2. The van der Waals surface area contributed by atoms with Gasteiger partial charge < -0.3 is 21.7 Å². The number of hydrogen-bond acceptors (Lipinski definition) is 6. The molecule has 1 aliphatic carbocycles. The van der Waals surface area contributed by atoms with E-state index in [0.29, 0.717) is 43.3 Å². The number of guanidine groups is 1. The first kappa shape index (κ1) is 28.0. The summed E-state index contributed by atoms with van der Waals surface area (Å²) in [5.74, 6) is 0.0262. The van der Waals surface area contributed by atoms with E-state index in [1.807, 2.05) is 31.2 Å². The zero-order valence-electron chi connectivity index (χ0n) is 22.2. The highest BCUT2D eigenvalue weighted by Gasteiger charge is 2.38. The van der Waals surface area contributed by atoms with Gasteiger partial charge in [0.2, 0.25) is 17.6 Å². The van der Waals surface area contributed by atoms with Gasteiger partial charge in [0.05, 0.1) is 16.3 Å². The van der Waals surface area contributed by atoms with Crippen LogP contribution in [-0.4, -0.2) is 58.6 Å². The van der Waals surface area contributed by atoms with Crippen LogP contribution in [0, 0.1) is 11.8 Å². The molecule has 1 aromatic heterocycles. The Labute approximate surface area is 228 Å². The van der Waals surface area contributed by atoms with Crippen LogP contribution < -0.4 is 16.8 Å². The van der Waals surface area contributed by atoms with Crippen molar-refractivity contribution < 1.29 is 14.4 Å². The van der Waals surface area contributed by atoms with Crippen LogP contribution in [0.4, 0.5) is 0 Å². The lowest BCUT2D eigenvalue weighted by atomic mass is 9.83. The zero-order chi connectivity index (χ0) is 27.1. The fourth-order valence-electron chi connectivity index (χ4n) is 5.78. The molecule has 38 heavy (non-hydrogen) atoms. The summed E-state index contributed by atoms with van der Waals surface area (Å²) in [7, 11) is 0. The lowest BCUT2D eigenvalue weighted by Gasteiger charge is -2.30. The molecular formula is C28H40N6O3S. The van der Waals surface area contributed by atoms with E-state index in [1.165, 1.54) is 43.4 Å². The maximum absolute atomic E-state index is 13.5. The largest absolute Gasteiger partial charge is 0.370 e. The maximum atomic E-state index is 13.5. The second-order valence-electron chi connectivity index (χ2n) is 10.7. The predicted molar refractivity (Wildman–Crippen MR) is 151 cm³/mol. The van der Waals surface area contributed by atoms with Gasteiger partial charge in [-0.2, -0.15) is 0 Å². The average molecular weight is 541 g/mol. The number of aliphatic imine (C=N–C) groups is 1. The Kier molecular flexibility index (Phi) is 9.71. The molecular weight excluding hydrogens is 500 g/mol. The first-order valence-electron chi connectivity index (χ1n) is 13.9. The maximum Gasteiger partial charge on any atom is 0.243 e. The Bertz CT molecular complexity index is 1120. The molecule has 2 fully saturated rings. The highest BCUT2D eigenvalue weighted by molar-refractivity contribution is 7.20. The minimum absolute atomic E-state index is 0.00876. The van der Waals surface area contributed by atoms with Gasteiger partial charge in [0.1, 0.15) is 6.04 Å². The summed E-state index contributed by atoms with van der Waals surface area (Å²) < 4.78 is 0.918. The molecule has 1 unspecified atom stereocenters. The minimum Gasteiger partial charge on any atom is -0.370 e. The number of nitrogens with one attached hydrogen (secondary N) is 1. The summed E-state index contributed by atoms with van der Waals surface area (Å²) in [6.45, 7) is 2.93. The molecule has 2 amide bonds. The highest BCUT2D eigenvalue weighted by Crippen LogP contribution is 2.31. The Hall–Kier alpha value is -3.01. The molecule has 3 atom stereocenters. The van der Waals surface area contributed by atoms with Crippen LogP contribution in [0.5, 0.6) is 0 Å². The van der Waals surface area contributed by atoms with E-state index >= 15 is 0 Å². The van der Waals surface area contributed by atoms with Crippen molar-refractivity contribution in [3.63, 3.8) is 0 Å². The summed E-state index contributed by atoms with van der Waals surface area (Å²) in [6.07, 6.45) is 9.31. The van der Waals surface area contributed by atoms with Crippen molar-refractivity contribution in [3.8, 4) is 0 Å². The molecule has 0 radical (unpaired) electrons. The molecule has 10 heteroatoms. The first-order valence-corrected chi connectivity index (χ1v) is 14.7. The molecule has 5 N–H and O–H groups in total. The van der Waals surface area contributed by atoms with Gasteiger partial charge in [0.25, 0.3) is 0 Å². The van der Waals surface area contributed by atoms with Gasteiger partial charge in [0.15, 0.2) is 11.0 Å². The van der Waals surface area contributed by atoms with Crippen LogP contribution >= 0.6 is 11.3 Å². The lowest BCUT2D eigenvalue weighted by molar-refractivity contribution is -0.141. The number of aromatic nitrogens is 1. The topological polar surface area (TPSA) is 144 Å². The number of fused-ring (bicyclic) bond motifs is 1. The molecule has 1 saturated carbocycles. The van der Waals surface area contributed by atoms with Crippen molar-refractivity contribution >= 4 is 45.1 Å². The van der Waals surface area contributed by atoms with E-state index < -0.39 is 12.1 Å². The third kappa shape index (κ3) is 7.09. The fraction of sp³-hybridized carbons (Fsp3) is 0.607. The van der Waals surface area contributed by atoms with Gasteiger partial charge in [-0.25, -0.2) is 4.98 Å². The van der Waals surface area contributed by atoms with Crippen molar-refractivity contribution in [2.45, 2.75) is 83.2 Å². The molecule has 2 aliphatic rings. The Morgan fingerprint density at radius 2 is 1.89 bits per heavy atom. The zero-order valence-corrected chi connectivity index (χ0v) is 23.0. The van der Waals surface area contributed by atoms with Gasteiger partial charge in [-0.1, -0.05) is 51.2 Å². The SMILES string of the molecule is C[C@H](CC1CCCCC1)C(=O)N1CCC[C@H]1C(=O)NC(CCCN=C(N)N)C(=O)c1nc2ccccc2s1. The van der Waals surface area contributed by atoms with Gasteiger partial charge in [-0.15, -0.1) is 11.3 Å². The Morgan fingerprint density at radius 3 is 2.63 bits per heavy atom. The molecule has 9 nitrogen and oxygen atoms in total. The molecule has 0 bridgehead atoms. The summed E-state index contributed by atoms with van der Waals surface area (Å²) in [5.41, 5.74) is 11.6. The molecule has 1 aliphatic heterocycles. The smallest absolute Gasteiger partial charge is 0.243 e. The number of rotatable bonds is 11. The highest BCUT2D eigenvalue weighted by atomic mass is 32.1. The van der Waals surface area contributed by atoms with Crippen LogP contribution in [0.15, 0.2) is 29.3 Å². The van der Waals surface area contributed by atoms with E-state index in [9.17, 15) is 14.4 Å². The number of para-hydroxylation sites is 1. The predicted octanol–water partition coefficient (Wildman–Crippen LogP) is 3.61. The number of thiazole rings is 1. The van der Waals surface area contributed by atoms with E-state index in [1.54, 1.807) is 4.90 Å². The summed E-state index contributed by atoms with van der Waals surface area (Å²) >= 11 is 1.32. The number of Topliss-reactive ketones (excluding diaryl/α,β-unsaturated/α-hetero) is 1. The number of carbonyl (C=O) groups excluding carboxylic acids is 3. The van der Waals surface area contributed by atoms with Gasteiger partial charge >= 0.3 is 0 Å². The van der Waals surface area contributed by atoms with Crippen LogP contribution in [0.3, 0.4) is 0 Å². The quantitative estimate of drug-likeness (QED) is 0.172. The molecule has 0 spiro atoms. The van der Waals surface area contributed by atoms with Crippen molar-refractivity contribution in [3.05, 3.63) is 29.3 Å². The Morgan fingerprint density at radius 1 is 1.13 bits per heavy atom. The normalized spacial score (nSPS) is 19.7. The van der Waals surface area contributed by atoms with Gasteiger partial charge in [0, 0.05) is 19.0 Å². The minimum atomic E-state index is -0.769. The first-order chi connectivity index (χ1) is 18.3. The van der Waals surface area contributed by atoms with Crippen LogP contribution in [0.1, 0.15) is 80.9 Å². The number of benzene rings is 1. The second kappa shape index (κ2) is 13.2. The molecule has 1 saturated heterocycles. The molecule has 2 heterocycles. The summed E-state index contributed by atoms with van der Waals surface area (Å²) in [6, 6.07) is 6.25. The third-order valence-corrected chi connectivity index (χ3v) is 8.81. The van der Waals surface area contributed by atoms with Crippen molar-refractivity contribution in [2.24, 2.45) is 28.3 Å². The molecule has 1 aromatic carbocycles. The number of amides is 2.